The third-order valence-corrected chi connectivity index (χ3v) is 4.54. The summed E-state index contributed by atoms with van der Waals surface area (Å²) in [5.74, 6) is -0.0682. The molecule has 3 amide bonds. The minimum atomic E-state index is -0.670. The molecular weight excluding hydrogens is 316 g/mol. The second-order valence-electron chi connectivity index (χ2n) is 6.05. The van der Waals surface area contributed by atoms with Gasteiger partial charge in [0.25, 0.3) is 5.91 Å². The number of rotatable bonds is 2. The lowest BCUT2D eigenvalue weighted by Crippen LogP contribution is -2.52. The molecule has 0 aromatic heterocycles. The molecule has 24 heavy (non-hydrogen) atoms. The molecule has 0 bridgehead atoms. The molecule has 0 radical (unpaired) electrons. The SMILES string of the molecule is O=C1CC[C@H](N2Cc3c(ccc4c3O[C@@H](CO)CO4)C2=O)C(=O)N1. The van der Waals surface area contributed by atoms with Crippen LogP contribution in [0, 0.1) is 0 Å². The number of carbonyl (C=O) groups excluding carboxylic acids is 3. The van der Waals surface area contributed by atoms with Crippen LogP contribution in [0.2, 0.25) is 0 Å². The largest absolute Gasteiger partial charge is 0.486 e. The van der Waals surface area contributed by atoms with Gasteiger partial charge in [0.2, 0.25) is 11.8 Å². The number of fused-ring (bicyclic) bond motifs is 3. The highest BCUT2D eigenvalue weighted by Gasteiger charge is 2.41. The number of hydrogen-bond acceptors (Lipinski definition) is 6. The number of nitrogens with zero attached hydrogens (tertiary/aromatic N) is 1. The van der Waals surface area contributed by atoms with Gasteiger partial charge in [-0.1, -0.05) is 0 Å². The Hall–Kier alpha value is -2.61. The van der Waals surface area contributed by atoms with Crippen LogP contribution in [0.3, 0.4) is 0 Å². The summed E-state index contributed by atoms with van der Waals surface area (Å²) in [4.78, 5) is 37.5. The first-order valence-electron chi connectivity index (χ1n) is 7.79. The summed E-state index contributed by atoms with van der Waals surface area (Å²) in [6, 6.07) is 2.65. The van der Waals surface area contributed by atoms with E-state index in [1.54, 1.807) is 12.1 Å². The molecule has 3 aliphatic heterocycles. The van der Waals surface area contributed by atoms with Crippen molar-refractivity contribution < 1.29 is 29.0 Å². The third-order valence-electron chi connectivity index (χ3n) is 4.54. The van der Waals surface area contributed by atoms with Crippen LogP contribution < -0.4 is 14.8 Å². The zero-order valence-corrected chi connectivity index (χ0v) is 12.8. The second-order valence-corrected chi connectivity index (χ2v) is 6.05. The number of carbonyl (C=O) groups is 3. The first-order chi connectivity index (χ1) is 11.6. The Morgan fingerprint density at radius 1 is 1.29 bits per heavy atom. The van der Waals surface area contributed by atoms with Crippen molar-refractivity contribution in [3.05, 3.63) is 23.3 Å². The van der Waals surface area contributed by atoms with Gasteiger partial charge in [-0.25, -0.2) is 0 Å². The van der Waals surface area contributed by atoms with Crippen LogP contribution in [-0.4, -0.2) is 53.1 Å². The molecule has 1 aromatic rings. The molecule has 0 aliphatic carbocycles. The molecule has 1 aromatic carbocycles. The van der Waals surface area contributed by atoms with Crippen LogP contribution in [0.25, 0.3) is 0 Å². The molecule has 4 rings (SSSR count). The fourth-order valence-electron chi connectivity index (χ4n) is 3.31. The summed E-state index contributed by atoms with van der Waals surface area (Å²) >= 11 is 0. The lowest BCUT2D eigenvalue weighted by molar-refractivity contribution is -0.136. The van der Waals surface area contributed by atoms with Crippen LogP contribution in [0.4, 0.5) is 0 Å². The van der Waals surface area contributed by atoms with Gasteiger partial charge in [-0.05, 0) is 18.6 Å². The van der Waals surface area contributed by atoms with E-state index < -0.39 is 18.1 Å². The van der Waals surface area contributed by atoms with Crippen molar-refractivity contribution in [1.82, 2.24) is 10.2 Å². The third kappa shape index (κ3) is 2.22. The van der Waals surface area contributed by atoms with E-state index in [0.717, 1.165) is 0 Å². The molecule has 2 atom stereocenters. The van der Waals surface area contributed by atoms with Gasteiger partial charge < -0.3 is 19.5 Å². The lowest BCUT2D eigenvalue weighted by Gasteiger charge is -2.29. The first-order valence-corrected chi connectivity index (χ1v) is 7.79. The van der Waals surface area contributed by atoms with Crippen LogP contribution >= 0.6 is 0 Å². The van der Waals surface area contributed by atoms with E-state index >= 15 is 0 Å². The van der Waals surface area contributed by atoms with Crippen molar-refractivity contribution in [2.24, 2.45) is 0 Å². The second kappa shape index (κ2) is 5.48. The smallest absolute Gasteiger partial charge is 0.255 e. The van der Waals surface area contributed by atoms with Crippen molar-refractivity contribution in [3.63, 3.8) is 0 Å². The van der Waals surface area contributed by atoms with Gasteiger partial charge in [0.05, 0.1) is 13.2 Å². The number of amides is 3. The lowest BCUT2D eigenvalue weighted by atomic mass is 10.0. The molecule has 3 heterocycles. The summed E-state index contributed by atoms with van der Waals surface area (Å²) in [5.41, 5.74) is 1.11. The number of aliphatic hydroxyl groups is 1. The highest BCUT2D eigenvalue weighted by Crippen LogP contribution is 2.42. The van der Waals surface area contributed by atoms with Gasteiger partial charge in [0.15, 0.2) is 17.6 Å². The number of imide groups is 1. The summed E-state index contributed by atoms with van der Waals surface area (Å²) in [5, 5.41) is 11.5. The number of piperidine rings is 1. The van der Waals surface area contributed by atoms with Crippen molar-refractivity contribution in [3.8, 4) is 11.5 Å². The van der Waals surface area contributed by atoms with Crippen molar-refractivity contribution in [2.75, 3.05) is 13.2 Å². The summed E-state index contributed by atoms with van der Waals surface area (Å²) in [7, 11) is 0. The molecular formula is C16H16N2O6. The standard InChI is InChI=1S/C16H16N2O6/c19-6-8-7-23-12-3-1-9-10(14(12)24-8)5-18(16(9)22)11-2-4-13(20)17-15(11)21/h1,3,8,11,19H,2,4-7H2,(H,17,20,21)/t8-,11-/m0/s1. The Bertz CT molecular complexity index is 746. The normalized spacial score (nSPS) is 25.5. The van der Waals surface area contributed by atoms with Gasteiger partial charge in [-0.2, -0.15) is 0 Å². The van der Waals surface area contributed by atoms with Crippen molar-refractivity contribution in [2.45, 2.75) is 31.5 Å². The molecule has 3 aliphatic rings. The van der Waals surface area contributed by atoms with Crippen LogP contribution in [0.5, 0.6) is 11.5 Å². The number of benzene rings is 1. The molecule has 0 unspecified atom stereocenters. The maximum Gasteiger partial charge on any atom is 0.255 e. The number of hydrogen-bond donors (Lipinski definition) is 2. The quantitative estimate of drug-likeness (QED) is 0.713. The Morgan fingerprint density at radius 2 is 2.12 bits per heavy atom. The van der Waals surface area contributed by atoms with E-state index in [2.05, 4.69) is 5.32 Å². The van der Waals surface area contributed by atoms with E-state index in [4.69, 9.17) is 9.47 Å². The Morgan fingerprint density at radius 3 is 2.88 bits per heavy atom. The van der Waals surface area contributed by atoms with Gasteiger partial charge in [-0.15, -0.1) is 0 Å². The highest BCUT2D eigenvalue weighted by molar-refractivity contribution is 6.05. The molecule has 126 valence electrons. The zero-order valence-electron chi connectivity index (χ0n) is 12.8. The van der Waals surface area contributed by atoms with E-state index in [0.29, 0.717) is 29.0 Å². The van der Waals surface area contributed by atoms with E-state index in [1.165, 1.54) is 4.90 Å². The molecule has 1 fully saturated rings. The average Bonchev–Trinajstić information content (AvgIpc) is 2.91. The predicted octanol–water partition coefficient (Wildman–Crippen LogP) is -0.420. The monoisotopic (exact) mass is 332 g/mol. The summed E-state index contributed by atoms with van der Waals surface area (Å²) in [6.07, 6.45) is 0.0353. The molecule has 0 saturated carbocycles. The fraction of sp³-hybridized carbons (Fsp3) is 0.438. The zero-order chi connectivity index (χ0) is 16.8. The van der Waals surface area contributed by atoms with Crippen molar-refractivity contribution >= 4 is 17.7 Å². The predicted molar refractivity (Wildman–Crippen MR) is 79.5 cm³/mol. The number of ether oxygens (including phenoxy) is 2. The summed E-state index contributed by atoms with van der Waals surface area (Å²) < 4.78 is 11.3. The maximum absolute atomic E-state index is 12.7. The van der Waals surface area contributed by atoms with Crippen molar-refractivity contribution in [1.29, 1.82) is 0 Å². The Balaban J connectivity index is 1.65. The minimum Gasteiger partial charge on any atom is -0.486 e. The average molecular weight is 332 g/mol. The number of aliphatic hydroxyl groups excluding tert-OH is 1. The number of nitrogens with one attached hydrogen (secondary N) is 1. The molecule has 2 N–H and O–H groups in total. The van der Waals surface area contributed by atoms with E-state index in [1.807, 2.05) is 0 Å². The molecule has 8 nitrogen and oxygen atoms in total. The highest BCUT2D eigenvalue weighted by atomic mass is 16.6. The molecule has 1 saturated heterocycles. The first kappa shape index (κ1) is 14.9. The van der Waals surface area contributed by atoms with Gasteiger partial charge in [-0.3, -0.25) is 19.7 Å². The molecule has 8 heteroatoms. The Kier molecular flexibility index (Phi) is 3.42. The maximum atomic E-state index is 12.7. The van der Waals surface area contributed by atoms with Gasteiger partial charge in [0.1, 0.15) is 12.6 Å². The van der Waals surface area contributed by atoms with Crippen LogP contribution in [0.1, 0.15) is 28.8 Å². The topological polar surface area (TPSA) is 105 Å². The summed E-state index contributed by atoms with van der Waals surface area (Å²) in [6.45, 7) is 0.270. The van der Waals surface area contributed by atoms with Gasteiger partial charge >= 0.3 is 0 Å². The minimum absolute atomic E-state index is 0.187. The van der Waals surface area contributed by atoms with Crippen LogP contribution in [0.15, 0.2) is 12.1 Å². The fourth-order valence-corrected chi connectivity index (χ4v) is 3.31. The van der Waals surface area contributed by atoms with Crippen LogP contribution in [-0.2, 0) is 16.1 Å². The van der Waals surface area contributed by atoms with E-state index in [-0.39, 0.29) is 38.0 Å². The van der Waals surface area contributed by atoms with E-state index in [9.17, 15) is 19.5 Å². The Labute approximate surface area is 137 Å². The molecule has 0 spiro atoms. The van der Waals surface area contributed by atoms with Gasteiger partial charge in [0, 0.05) is 17.5 Å².